The van der Waals surface area contributed by atoms with Crippen LogP contribution in [0, 0.1) is 6.92 Å². The van der Waals surface area contributed by atoms with Gasteiger partial charge in [-0.25, -0.2) is 8.42 Å². The molecule has 1 heterocycles. The van der Waals surface area contributed by atoms with Gasteiger partial charge in [-0.1, -0.05) is 19.1 Å². The first-order valence-corrected chi connectivity index (χ1v) is 8.37. The summed E-state index contributed by atoms with van der Waals surface area (Å²) in [4.78, 5) is 0.222. The molecule has 2 N–H and O–H groups in total. The topological polar surface area (TPSA) is 72.6 Å². The molecular weight excluding hydrogens is 276 g/mol. The second-order valence-electron chi connectivity index (χ2n) is 5.08. The molecule has 0 spiro atoms. The van der Waals surface area contributed by atoms with Crippen molar-refractivity contribution in [3.05, 3.63) is 23.8 Å². The Balaban J connectivity index is 2.31. The van der Waals surface area contributed by atoms with Gasteiger partial charge in [0.1, 0.15) is 4.90 Å². The van der Waals surface area contributed by atoms with E-state index in [9.17, 15) is 8.42 Å². The van der Waals surface area contributed by atoms with E-state index in [0.717, 1.165) is 19.4 Å². The molecule has 20 heavy (non-hydrogen) atoms. The molecule has 112 valence electrons. The van der Waals surface area contributed by atoms with Crippen LogP contribution in [0.15, 0.2) is 23.1 Å². The van der Waals surface area contributed by atoms with Crippen LogP contribution in [0.2, 0.25) is 0 Å². The Morgan fingerprint density at radius 1 is 1.45 bits per heavy atom. The number of nitrogen functional groups attached to an aromatic ring is 1. The van der Waals surface area contributed by atoms with Crippen molar-refractivity contribution in [2.24, 2.45) is 0 Å². The smallest absolute Gasteiger partial charge is 0.245 e. The molecule has 1 atom stereocenters. The third-order valence-electron chi connectivity index (χ3n) is 3.62. The third-order valence-corrected chi connectivity index (χ3v) is 5.78. The maximum Gasteiger partial charge on any atom is 0.245 e. The first-order valence-electron chi connectivity index (χ1n) is 6.93. The van der Waals surface area contributed by atoms with Crippen LogP contribution in [0.25, 0.3) is 0 Å². The largest absolute Gasteiger partial charge is 0.398 e. The van der Waals surface area contributed by atoms with Crippen molar-refractivity contribution in [2.75, 3.05) is 25.4 Å². The molecule has 0 amide bonds. The molecule has 1 aliphatic heterocycles. The average Bonchev–Trinajstić information content (AvgIpc) is 2.88. The second-order valence-corrected chi connectivity index (χ2v) is 6.96. The number of rotatable bonds is 5. The van der Waals surface area contributed by atoms with Crippen LogP contribution in [0.4, 0.5) is 5.69 Å². The minimum Gasteiger partial charge on any atom is -0.398 e. The zero-order valence-corrected chi connectivity index (χ0v) is 12.8. The Morgan fingerprint density at radius 3 is 2.75 bits per heavy atom. The molecule has 0 radical (unpaired) electrons. The van der Waals surface area contributed by atoms with E-state index in [1.54, 1.807) is 25.1 Å². The first-order chi connectivity index (χ1) is 9.46. The van der Waals surface area contributed by atoms with Gasteiger partial charge in [-0.15, -0.1) is 0 Å². The standard InChI is InChI=1S/C14H22N2O3S/c1-3-16(10-12-7-5-9-19-12)20(17,18)14-11(2)6-4-8-13(14)15/h4,6,8,12H,3,5,7,9-10,15H2,1-2H3. The quantitative estimate of drug-likeness (QED) is 0.841. The lowest BCUT2D eigenvalue weighted by Gasteiger charge is -2.24. The molecule has 1 aromatic rings. The zero-order chi connectivity index (χ0) is 14.8. The highest BCUT2D eigenvalue weighted by Crippen LogP contribution is 2.27. The van der Waals surface area contributed by atoms with Crippen molar-refractivity contribution in [3.8, 4) is 0 Å². The van der Waals surface area contributed by atoms with E-state index in [1.165, 1.54) is 4.31 Å². The predicted octanol–water partition coefficient (Wildman–Crippen LogP) is 1.77. The van der Waals surface area contributed by atoms with Crippen molar-refractivity contribution in [3.63, 3.8) is 0 Å². The Kier molecular flexibility index (Phi) is 4.67. The van der Waals surface area contributed by atoms with Crippen LogP contribution in [-0.4, -0.2) is 38.5 Å². The minimum atomic E-state index is -3.57. The second kappa shape index (κ2) is 6.11. The van der Waals surface area contributed by atoms with Gasteiger partial charge in [0.05, 0.1) is 11.8 Å². The molecule has 0 saturated carbocycles. The molecule has 1 aromatic carbocycles. The van der Waals surface area contributed by atoms with Crippen LogP contribution in [0.5, 0.6) is 0 Å². The van der Waals surface area contributed by atoms with Gasteiger partial charge in [-0.3, -0.25) is 0 Å². The summed E-state index contributed by atoms with van der Waals surface area (Å²) in [6.45, 7) is 5.13. The number of likely N-dealkylation sites (N-methyl/N-ethyl adjacent to an activating group) is 1. The number of ether oxygens (including phenoxy) is 1. The van der Waals surface area contributed by atoms with Gasteiger partial charge < -0.3 is 10.5 Å². The van der Waals surface area contributed by atoms with Gasteiger partial charge in [0.25, 0.3) is 0 Å². The minimum absolute atomic E-state index is 0.00466. The summed E-state index contributed by atoms with van der Waals surface area (Å²) in [7, 11) is -3.57. The van der Waals surface area contributed by atoms with E-state index in [1.807, 2.05) is 6.92 Å². The number of nitrogens with two attached hydrogens (primary N) is 1. The lowest BCUT2D eigenvalue weighted by molar-refractivity contribution is 0.0947. The number of hydrogen-bond acceptors (Lipinski definition) is 4. The fourth-order valence-corrected chi connectivity index (χ4v) is 4.37. The summed E-state index contributed by atoms with van der Waals surface area (Å²) in [6, 6.07) is 5.16. The molecule has 0 bridgehead atoms. The van der Waals surface area contributed by atoms with E-state index >= 15 is 0 Å². The normalized spacial score (nSPS) is 19.6. The summed E-state index contributed by atoms with van der Waals surface area (Å²) in [5.74, 6) is 0. The molecular formula is C14H22N2O3S. The van der Waals surface area contributed by atoms with E-state index in [0.29, 0.717) is 24.3 Å². The Labute approximate surface area is 120 Å². The molecule has 0 aromatic heterocycles. The fourth-order valence-electron chi connectivity index (χ4n) is 2.57. The fraction of sp³-hybridized carbons (Fsp3) is 0.571. The number of benzene rings is 1. The van der Waals surface area contributed by atoms with Crippen molar-refractivity contribution < 1.29 is 13.2 Å². The van der Waals surface area contributed by atoms with Gasteiger partial charge in [0, 0.05) is 19.7 Å². The zero-order valence-electron chi connectivity index (χ0n) is 12.0. The molecule has 0 aliphatic carbocycles. The summed E-state index contributed by atoms with van der Waals surface area (Å²) in [5.41, 5.74) is 6.85. The highest BCUT2D eigenvalue weighted by atomic mass is 32.2. The average molecular weight is 298 g/mol. The van der Waals surface area contributed by atoms with Crippen molar-refractivity contribution in [1.29, 1.82) is 0 Å². The van der Waals surface area contributed by atoms with Gasteiger partial charge in [-0.05, 0) is 31.4 Å². The molecule has 5 nitrogen and oxygen atoms in total. The van der Waals surface area contributed by atoms with E-state index in [4.69, 9.17) is 10.5 Å². The highest BCUT2D eigenvalue weighted by molar-refractivity contribution is 7.89. The van der Waals surface area contributed by atoms with E-state index in [2.05, 4.69) is 0 Å². The molecule has 1 aliphatic rings. The number of nitrogens with zero attached hydrogens (tertiary/aromatic N) is 1. The van der Waals surface area contributed by atoms with Crippen LogP contribution in [0.1, 0.15) is 25.3 Å². The van der Waals surface area contributed by atoms with Crippen LogP contribution >= 0.6 is 0 Å². The van der Waals surface area contributed by atoms with Crippen LogP contribution in [-0.2, 0) is 14.8 Å². The number of aryl methyl sites for hydroxylation is 1. The molecule has 1 saturated heterocycles. The van der Waals surface area contributed by atoms with Crippen LogP contribution in [0.3, 0.4) is 0 Å². The lowest BCUT2D eigenvalue weighted by atomic mass is 10.2. The number of sulfonamides is 1. The SMILES string of the molecule is CCN(CC1CCCO1)S(=O)(=O)c1c(C)cccc1N. The Hall–Kier alpha value is -1.11. The van der Waals surface area contributed by atoms with Gasteiger partial charge in [0.15, 0.2) is 0 Å². The number of hydrogen-bond donors (Lipinski definition) is 1. The van der Waals surface area contributed by atoms with Crippen molar-refractivity contribution >= 4 is 15.7 Å². The predicted molar refractivity (Wildman–Crippen MR) is 79.0 cm³/mol. The summed E-state index contributed by atoms with van der Waals surface area (Å²) < 4.78 is 32.6. The number of anilines is 1. The van der Waals surface area contributed by atoms with Crippen LogP contribution < -0.4 is 5.73 Å². The summed E-state index contributed by atoms with van der Waals surface area (Å²) in [6.07, 6.45) is 1.90. The van der Waals surface area contributed by atoms with Gasteiger partial charge in [-0.2, -0.15) is 4.31 Å². The molecule has 6 heteroatoms. The molecule has 1 unspecified atom stereocenters. The highest BCUT2D eigenvalue weighted by Gasteiger charge is 2.30. The van der Waals surface area contributed by atoms with E-state index in [-0.39, 0.29) is 11.0 Å². The van der Waals surface area contributed by atoms with Crippen molar-refractivity contribution in [1.82, 2.24) is 4.31 Å². The van der Waals surface area contributed by atoms with Gasteiger partial charge >= 0.3 is 0 Å². The van der Waals surface area contributed by atoms with Crippen molar-refractivity contribution in [2.45, 2.75) is 37.7 Å². The third kappa shape index (κ3) is 2.97. The Bertz CT molecular complexity index is 546. The maximum atomic E-state index is 12.8. The maximum absolute atomic E-state index is 12.8. The Morgan fingerprint density at radius 2 is 2.20 bits per heavy atom. The summed E-state index contributed by atoms with van der Waals surface area (Å²) >= 11 is 0. The van der Waals surface area contributed by atoms with E-state index < -0.39 is 10.0 Å². The monoisotopic (exact) mass is 298 g/mol. The summed E-state index contributed by atoms with van der Waals surface area (Å²) in [5, 5.41) is 0. The molecule has 1 fully saturated rings. The van der Waals surface area contributed by atoms with Gasteiger partial charge in [0.2, 0.25) is 10.0 Å². The first kappa shape index (κ1) is 15.3. The lowest BCUT2D eigenvalue weighted by Crippen LogP contribution is -2.37. The molecule has 2 rings (SSSR count).